The molecule has 0 unspecified atom stereocenters. The molecule has 0 fully saturated rings. The molecule has 26 heavy (non-hydrogen) atoms. The maximum absolute atomic E-state index is 4.81. The van der Waals surface area contributed by atoms with Crippen LogP contribution < -0.4 is 0 Å². The first kappa shape index (κ1) is 17.6. The van der Waals surface area contributed by atoms with Gasteiger partial charge in [0.2, 0.25) is 0 Å². The van der Waals surface area contributed by atoms with Crippen molar-refractivity contribution >= 4 is 11.3 Å². The Morgan fingerprint density at radius 2 is 1.73 bits per heavy atom. The Balaban J connectivity index is 1.96. The zero-order chi connectivity index (χ0) is 18.7. The summed E-state index contributed by atoms with van der Waals surface area (Å²) in [6.45, 7) is 7.95. The topological polar surface area (TPSA) is 48.0 Å². The van der Waals surface area contributed by atoms with Crippen LogP contribution in [0.5, 0.6) is 0 Å². The van der Waals surface area contributed by atoms with E-state index < -0.39 is 0 Å². The molecular formula is C21H23N5. The fourth-order valence-electron chi connectivity index (χ4n) is 2.91. The van der Waals surface area contributed by atoms with Crippen LogP contribution in [0.1, 0.15) is 25.0 Å². The second-order valence-corrected chi connectivity index (χ2v) is 6.29. The van der Waals surface area contributed by atoms with Gasteiger partial charge in [-0.15, -0.1) is 0 Å². The van der Waals surface area contributed by atoms with Crippen molar-refractivity contribution in [2.24, 2.45) is 19.1 Å². The summed E-state index contributed by atoms with van der Waals surface area (Å²) in [6, 6.07) is 8.34. The van der Waals surface area contributed by atoms with Gasteiger partial charge in [-0.1, -0.05) is 30.9 Å². The van der Waals surface area contributed by atoms with E-state index >= 15 is 0 Å². The lowest BCUT2D eigenvalue weighted by Crippen LogP contribution is -1.96. The van der Waals surface area contributed by atoms with E-state index in [0.29, 0.717) is 0 Å². The number of allylic oxidation sites excluding steroid dienone is 3. The van der Waals surface area contributed by atoms with Crippen molar-refractivity contribution in [2.75, 3.05) is 0 Å². The number of benzene rings is 1. The number of hydrogen-bond donors (Lipinski definition) is 0. The van der Waals surface area contributed by atoms with E-state index in [-0.39, 0.29) is 0 Å². The van der Waals surface area contributed by atoms with Crippen LogP contribution in [-0.4, -0.2) is 25.3 Å². The van der Waals surface area contributed by atoms with Gasteiger partial charge < -0.3 is 0 Å². The van der Waals surface area contributed by atoms with Gasteiger partial charge in [0.05, 0.1) is 12.4 Å². The summed E-state index contributed by atoms with van der Waals surface area (Å²) >= 11 is 0. The third kappa shape index (κ3) is 3.72. The molecule has 132 valence electrons. The molecule has 0 aliphatic rings. The van der Waals surface area contributed by atoms with Gasteiger partial charge in [0.1, 0.15) is 0 Å². The lowest BCUT2D eigenvalue weighted by atomic mass is 10.0. The maximum atomic E-state index is 4.81. The highest BCUT2D eigenvalue weighted by atomic mass is 15.2. The molecule has 0 spiro atoms. The molecule has 0 saturated carbocycles. The Morgan fingerprint density at radius 1 is 1.00 bits per heavy atom. The highest BCUT2D eigenvalue weighted by Gasteiger charge is 2.07. The molecule has 5 nitrogen and oxygen atoms in total. The summed E-state index contributed by atoms with van der Waals surface area (Å²) in [5.74, 6) is 0. The Kier molecular flexibility index (Phi) is 4.98. The van der Waals surface area contributed by atoms with Crippen molar-refractivity contribution in [3.05, 3.63) is 78.5 Å². The predicted octanol–water partition coefficient (Wildman–Crippen LogP) is 4.25. The molecule has 0 amide bonds. The van der Waals surface area contributed by atoms with Crippen LogP contribution >= 0.6 is 0 Å². The molecule has 5 heteroatoms. The number of aryl methyl sites for hydroxylation is 2. The van der Waals surface area contributed by atoms with Gasteiger partial charge in [0.15, 0.2) is 0 Å². The van der Waals surface area contributed by atoms with Gasteiger partial charge >= 0.3 is 0 Å². The van der Waals surface area contributed by atoms with Crippen molar-refractivity contribution in [1.29, 1.82) is 0 Å². The Bertz CT molecular complexity index is 1000. The van der Waals surface area contributed by atoms with Crippen LogP contribution in [0.2, 0.25) is 0 Å². The molecule has 2 aromatic heterocycles. The maximum Gasteiger partial charge on any atom is 0.0568 e. The molecule has 2 heterocycles. The minimum Gasteiger partial charge on any atom is -0.275 e. The molecule has 0 atom stereocenters. The number of nitrogens with zero attached hydrogens (tertiary/aromatic N) is 5. The number of aromatic nitrogens is 4. The SMILES string of the molecule is C=C/C(=C(/C)N=C(C)c1cccc(-c2cnn(C)c2)c1)c1cnn(C)c1. The van der Waals surface area contributed by atoms with Crippen LogP contribution in [0.3, 0.4) is 0 Å². The fraction of sp³-hybridized carbons (Fsp3) is 0.190. The molecule has 3 rings (SSSR count). The van der Waals surface area contributed by atoms with Gasteiger partial charge in [-0.3, -0.25) is 14.4 Å². The second-order valence-electron chi connectivity index (χ2n) is 6.29. The van der Waals surface area contributed by atoms with E-state index in [1.165, 1.54) is 0 Å². The largest absolute Gasteiger partial charge is 0.275 e. The van der Waals surface area contributed by atoms with Crippen molar-refractivity contribution in [3.8, 4) is 11.1 Å². The predicted molar refractivity (Wildman–Crippen MR) is 107 cm³/mol. The average molecular weight is 345 g/mol. The minimum absolute atomic E-state index is 0.914. The lowest BCUT2D eigenvalue weighted by Gasteiger charge is -2.07. The van der Waals surface area contributed by atoms with Crippen LogP contribution in [0.4, 0.5) is 0 Å². The fourth-order valence-corrected chi connectivity index (χ4v) is 2.91. The molecule has 0 bridgehead atoms. The first-order chi connectivity index (χ1) is 12.5. The third-order valence-electron chi connectivity index (χ3n) is 4.26. The van der Waals surface area contributed by atoms with Crippen LogP contribution in [0, 0.1) is 0 Å². The standard InChI is InChI=1S/C21H23N5/c1-6-21(20-12-23-26(5)14-20)16(3)24-15(2)17-8-7-9-18(10-17)19-11-22-25(4)13-19/h6-14H,1H2,2-5H3/b21-16+,24-15?. The molecule has 0 radical (unpaired) electrons. The highest BCUT2D eigenvalue weighted by Crippen LogP contribution is 2.23. The molecule has 0 aliphatic carbocycles. The smallest absolute Gasteiger partial charge is 0.0568 e. The Hall–Kier alpha value is -3.21. The summed E-state index contributed by atoms with van der Waals surface area (Å²) in [6.07, 6.45) is 9.50. The summed E-state index contributed by atoms with van der Waals surface area (Å²) in [5.41, 5.74) is 7.18. The van der Waals surface area contributed by atoms with Gasteiger partial charge in [0.25, 0.3) is 0 Å². The van der Waals surface area contributed by atoms with Gasteiger partial charge in [-0.05, 0) is 31.0 Å². The Morgan fingerprint density at radius 3 is 2.35 bits per heavy atom. The van der Waals surface area contributed by atoms with E-state index in [1.807, 2.05) is 64.9 Å². The van der Waals surface area contributed by atoms with Crippen molar-refractivity contribution < 1.29 is 0 Å². The molecule has 0 aliphatic heterocycles. The summed E-state index contributed by atoms with van der Waals surface area (Å²) in [7, 11) is 3.82. The van der Waals surface area contributed by atoms with Crippen molar-refractivity contribution in [3.63, 3.8) is 0 Å². The number of rotatable bonds is 5. The monoisotopic (exact) mass is 345 g/mol. The van der Waals surface area contributed by atoms with E-state index in [1.54, 1.807) is 9.36 Å². The highest BCUT2D eigenvalue weighted by molar-refractivity contribution is 6.00. The van der Waals surface area contributed by atoms with Crippen molar-refractivity contribution in [1.82, 2.24) is 19.6 Å². The molecule has 0 N–H and O–H groups in total. The Labute approximate surface area is 154 Å². The van der Waals surface area contributed by atoms with Crippen LogP contribution in [0.15, 0.2) is 72.4 Å². The summed E-state index contributed by atoms with van der Waals surface area (Å²) < 4.78 is 3.58. The first-order valence-corrected chi connectivity index (χ1v) is 8.45. The van der Waals surface area contributed by atoms with Crippen LogP contribution in [0.25, 0.3) is 16.7 Å². The van der Waals surface area contributed by atoms with Gasteiger partial charge in [-0.25, -0.2) is 0 Å². The number of hydrogen-bond acceptors (Lipinski definition) is 3. The first-order valence-electron chi connectivity index (χ1n) is 8.45. The van der Waals surface area contributed by atoms with Crippen molar-refractivity contribution in [2.45, 2.75) is 13.8 Å². The summed E-state index contributed by atoms with van der Waals surface area (Å²) in [5, 5.41) is 8.48. The number of aliphatic imine (C=N–C) groups is 1. The van der Waals surface area contributed by atoms with Gasteiger partial charge in [-0.2, -0.15) is 10.2 Å². The quantitative estimate of drug-likeness (QED) is 0.513. The normalized spacial score (nSPS) is 12.8. The minimum atomic E-state index is 0.914. The van der Waals surface area contributed by atoms with E-state index in [9.17, 15) is 0 Å². The summed E-state index contributed by atoms with van der Waals surface area (Å²) in [4.78, 5) is 4.81. The second kappa shape index (κ2) is 7.35. The zero-order valence-electron chi connectivity index (χ0n) is 15.6. The average Bonchev–Trinajstić information content (AvgIpc) is 3.24. The molecule has 1 aromatic carbocycles. The third-order valence-corrected chi connectivity index (χ3v) is 4.26. The lowest BCUT2D eigenvalue weighted by molar-refractivity contribution is 0.767. The molecule has 0 saturated heterocycles. The van der Waals surface area contributed by atoms with E-state index in [0.717, 1.165) is 39.2 Å². The van der Waals surface area contributed by atoms with Crippen LogP contribution in [-0.2, 0) is 14.1 Å². The molecular weight excluding hydrogens is 322 g/mol. The van der Waals surface area contributed by atoms with E-state index in [2.05, 4.69) is 35.0 Å². The zero-order valence-corrected chi connectivity index (χ0v) is 15.6. The van der Waals surface area contributed by atoms with Gasteiger partial charge in [0, 0.05) is 54.6 Å². The van der Waals surface area contributed by atoms with E-state index in [4.69, 9.17) is 4.99 Å². The molecule has 3 aromatic rings.